The summed E-state index contributed by atoms with van der Waals surface area (Å²) in [5.41, 5.74) is 0. The Morgan fingerprint density at radius 2 is 2.06 bits per heavy atom. The summed E-state index contributed by atoms with van der Waals surface area (Å²) in [4.78, 5) is 8.08. The molecule has 2 heterocycles. The summed E-state index contributed by atoms with van der Waals surface area (Å²) >= 11 is 0. The van der Waals surface area contributed by atoms with E-state index in [9.17, 15) is 0 Å². The van der Waals surface area contributed by atoms with E-state index in [2.05, 4.69) is 9.97 Å². The minimum atomic E-state index is 0.456. The minimum Gasteiger partial charge on any atom is -0.488 e. The van der Waals surface area contributed by atoms with Crippen LogP contribution in [0.15, 0.2) is 42.9 Å². The van der Waals surface area contributed by atoms with Crippen LogP contribution in [0.3, 0.4) is 0 Å². The topological polar surface area (TPSA) is 44.2 Å². The Hall–Kier alpha value is -2.10. The van der Waals surface area contributed by atoms with E-state index in [0.717, 1.165) is 0 Å². The van der Waals surface area contributed by atoms with Gasteiger partial charge in [-0.2, -0.15) is 0 Å². The molecular formula is C12H12N2O2. The Balaban J connectivity index is 2.21. The average Bonchev–Trinajstić information content (AvgIpc) is 2.33. The molecule has 0 N–H and O–H groups in total. The first kappa shape index (κ1) is 10.4. The fourth-order valence-corrected chi connectivity index (χ4v) is 1.24. The van der Waals surface area contributed by atoms with Crippen LogP contribution in [0, 0.1) is 0 Å². The van der Waals surface area contributed by atoms with Crippen LogP contribution in [0.25, 0.3) is 0 Å². The molecule has 0 aliphatic rings. The third-order valence-corrected chi connectivity index (χ3v) is 1.89. The van der Waals surface area contributed by atoms with E-state index in [-0.39, 0.29) is 0 Å². The monoisotopic (exact) mass is 216 g/mol. The third-order valence-electron chi connectivity index (χ3n) is 1.89. The summed E-state index contributed by atoms with van der Waals surface area (Å²) in [5, 5.41) is 0. The zero-order chi connectivity index (χ0) is 11.2. The molecule has 2 aromatic heterocycles. The van der Waals surface area contributed by atoms with Crippen molar-refractivity contribution < 1.29 is 9.47 Å². The first-order valence-corrected chi connectivity index (χ1v) is 5.06. The molecule has 0 aliphatic heterocycles. The predicted octanol–water partition coefficient (Wildman–Crippen LogP) is 2.67. The van der Waals surface area contributed by atoms with Gasteiger partial charge in [-0.3, -0.25) is 4.98 Å². The zero-order valence-corrected chi connectivity index (χ0v) is 8.96. The van der Waals surface area contributed by atoms with Gasteiger partial charge in [0.1, 0.15) is 5.75 Å². The molecule has 0 atom stereocenters. The zero-order valence-electron chi connectivity index (χ0n) is 8.96. The molecule has 0 saturated heterocycles. The van der Waals surface area contributed by atoms with Crippen LogP contribution in [0.5, 0.6) is 17.4 Å². The fourth-order valence-electron chi connectivity index (χ4n) is 1.24. The number of pyridine rings is 2. The lowest BCUT2D eigenvalue weighted by Gasteiger charge is -2.09. The molecule has 0 bridgehead atoms. The van der Waals surface area contributed by atoms with Crippen molar-refractivity contribution in [3.63, 3.8) is 0 Å². The quantitative estimate of drug-likeness (QED) is 0.788. The normalized spacial score (nSPS) is 9.81. The molecule has 2 rings (SSSR count). The molecule has 16 heavy (non-hydrogen) atoms. The first-order valence-electron chi connectivity index (χ1n) is 5.06. The van der Waals surface area contributed by atoms with Crippen molar-refractivity contribution in [3.8, 4) is 17.4 Å². The SMILES string of the molecule is CCOc1cccnc1Oc1cccnc1. The van der Waals surface area contributed by atoms with E-state index in [1.54, 1.807) is 30.7 Å². The average molecular weight is 216 g/mol. The van der Waals surface area contributed by atoms with Gasteiger partial charge in [-0.15, -0.1) is 0 Å². The lowest BCUT2D eigenvalue weighted by Crippen LogP contribution is -1.96. The Morgan fingerprint density at radius 3 is 2.81 bits per heavy atom. The molecule has 0 saturated carbocycles. The smallest absolute Gasteiger partial charge is 0.262 e. The van der Waals surface area contributed by atoms with E-state index >= 15 is 0 Å². The van der Waals surface area contributed by atoms with Crippen LogP contribution in [0.2, 0.25) is 0 Å². The standard InChI is InChI=1S/C12H12N2O2/c1-2-15-11-6-4-8-14-12(11)16-10-5-3-7-13-9-10/h3-9H,2H2,1H3. The number of rotatable bonds is 4. The largest absolute Gasteiger partial charge is 0.488 e. The van der Waals surface area contributed by atoms with Crippen LogP contribution in [0.4, 0.5) is 0 Å². The molecule has 2 aromatic rings. The van der Waals surface area contributed by atoms with Crippen LogP contribution in [0.1, 0.15) is 6.92 Å². The summed E-state index contributed by atoms with van der Waals surface area (Å²) in [6.45, 7) is 2.50. The van der Waals surface area contributed by atoms with Crippen molar-refractivity contribution in [3.05, 3.63) is 42.9 Å². The predicted molar refractivity (Wildman–Crippen MR) is 59.7 cm³/mol. The lowest BCUT2D eigenvalue weighted by molar-refractivity contribution is 0.316. The molecule has 0 radical (unpaired) electrons. The van der Waals surface area contributed by atoms with Gasteiger partial charge in [0.2, 0.25) is 0 Å². The van der Waals surface area contributed by atoms with Gasteiger partial charge in [0.25, 0.3) is 5.88 Å². The maximum atomic E-state index is 5.56. The molecule has 0 spiro atoms. The molecule has 0 aliphatic carbocycles. The van der Waals surface area contributed by atoms with Gasteiger partial charge in [-0.1, -0.05) is 0 Å². The highest BCUT2D eigenvalue weighted by Gasteiger charge is 2.06. The second-order valence-corrected chi connectivity index (χ2v) is 3.03. The summed E-state index contributed by atoms with van der Waals surface area (Å²) < 4.78 is 11.0. The number of aromatic nitrogens is 2. The molecule has 0 amide bonds. The Labute approximate surface area is 93.9 Å². The van der Waals surface area contributed by atoms with Crippen LogP contribution in [-0.2, 0) is 0 Å². The lowest BCUT2D eigenvalue weighted by atomic mass is 10.4. The summed E-state index contributed by atoms with van der Waals surface area (Å²) in [6, 6.07) is 7.25. The van der Waals surface area contributed by atoms with Crippen molar-refractivity contribution in [1.82, 2.24) is 9.97 Å². The summed E-state index contributed by atoms with van der Waals surface area (Å²) in [6.07, 6.45) is 4.98. The van der Waals surface area contributed by atoms with E-state index in [1.165, 1.54) is 0 Å². The van der Waals surface area contributed by atoms with Gasteiger partial charge in [0.15, 0.2) is 5.75 Å². The van der Waals surface area contributed by atoms with E-state index in [4.69, 9.17) is 9.47 Å². The van der Waals surface area contributed by atoms with E-state index < -0.39 is 0 Å². The first-order chi connectivity index (χ1) is 7.90. The fraction of sp³-hybridized carbons (Fsp3) is 0.167. The van der Waals surface area contributed by atoms with Gasteiger partial charge >= 0.3 is 0 Å². The number of hydrogen-bond donors (Lipinski definition) is 0. The molecule has 4 heteroatoms. The number of nitrogens with zero attached hydrogens (tertiary/aromatic N) is 2. The van der Waals surface area contributed by atoms with Gasteiger partial charge in [0, 0.05) is 12.4 Å². The second-order valence-electron chi connectivity index (χ2n) is 3.03. The van der Waals surface area contributed by atoms with Gasteiger partial charge in [-0.25, -0.2) is 4.98 Å². The molecule has 0 fully saturated rings. The number of hydrogen-bond acceptors (Lipinski definition) is 4. The van der Waals surface area contributed by atoms with Crippen LogP contribution in [-0.4, -0.2) is 16.6 Å². The second kappa shape index (κ2) is 5.11. The maximum Gasteiger partial charge on any atom is 0.262 e. The van der Waals surface area contributed by atoms with Gasteiger partial charge in [0.05, 0.1) is 12.8 Å². The van der Waals surface area contributed by atoms with Gasteiger partial charge < -0.3 is 9.47 Å². The van der Waals surface area contributed by atoms with Crippen LogP contribution >= 0.6 is 0 Å². The summed E-state index contributed by atoms with van der Waals surface area (Å²) in [5.74, 6) is 1.73. The summed E-state index contributed by atoms with van der Waals surface area (Å²) in [7, 11) is 0. The van der Waals surface area contributed by atoms with Gasteiger partial charge in [-0.05, 0) is 31.2 Å². The molecular weight excluding hydrogens is 204 g/mol. The van der Waals surface area contributed by atoms with Crippen molar-refractivity contribution in [2.24, 2.45) is 0 Å². The molecule has 4 nitrogen and oxygen atoms in total. The molecule has 0 unspecified atom stereocenters. The third kappa shape index (κ3) is 2.48. The highest BCUT2D eigenvalue weighted by atomic mass is 16.5. The van der Waals surface area contributed by atoms with Crippen molar-refractivity contribution >= 4 is 0 Å². The van der Waals surface area contributed by atoms with E-state index in [0.29, 0.717) is 24.0 Å². The Morgan fingerprint density at radius 1 is 1.19 bits per heavy atom. The Bertz CT molecular complexity index is 446. The van der Waals surface area contributed by atoms with Crippen molar-refractivity contribution in [2.75, 3.05) is 6.61 Å². The maximum absolute atomic E-state index is 5.56. The minimum absolute atomic E-state index is 0.456. The number of ether oxygens (including phenoxy) is 2. The van der Waals surface area contributed by atoms with Crippen LogP contribution < -0.4 is 9.47 Å². The van der Waals surface area contributed by atoms with Crippen molar-refractivity contribution in [2.45, 2.75) is 6.92 Å². The highest BCUT2D eigenvalue weighted by molar-refractivity contribution is 5.36. The highest BCUT2D eigenvalue weighted by Crippen LogP contribution is 2.27. The Kier molecular flexibility index (Phi) is 3.33. The van der Waals surface area contributed by atoms with E-state index in [1.807, 2.05) is 19.1 Å². The molecule has 82 valence electrons. The molecule has 0 aromatic carbocycles. The van der Waals surface area contributed by atoms with Crippen molar-refractivity contribution in [1.29, 1.82) is 0 Å².